The molecule has 1 heterocycles. The number of aromatic nitrogens is 2. The summed E-state index contributed by atoms with van der Waals surface area (Å²) in [4.78, 5) is 10.6. The minimum Gasteiger partial charge on any atom is -0.326 e. The molecule has 0 aliphatic heterocycles. The maximum Gasteiger partial charge on any atom is 0.191 e. The van der Waals surface area contributed by atoms with Gasteiger partial charge in [-0.15, -0.1) is 0 Å². The highest BCUT2D eigenvalue weighted by Gasteiger charge is 2.12. The second-order valence-corrected chi connectivity index (χ2v) is 4.74. The van der Waals surface area contributed by atoms with Crippen LogP contribution in [0.4, 0.5) is 21.7 Å². The Balaban J connectivity index is 2.42. The van der Waals surface area contributed by atoms with E-state index in [-0.39, 0.29) is 5.82 Å². The zero-order valence-electron chi connectivity index (χ0n) is 11.3. The van der Waals surface area contributed by atoms with Crippen LogP contribution in [-0.2, 0) is 0 Å². The Morgan fingerprint density at radius 3 is 2.55 bits per heavy atom. The third-order valence-corrected chi connectivity index (χ3v) is 3.30. The van der Waals surface area contributed by atoms with Gasteiger partial charge in [0, 0.05) is 18.3 Å². The van der Waals surface area contributed by atoms with Crippen LogP contribution in [0, 0.1) is 5.82 Å². The first-order valence-corrected chi connectivity index (χ1v) is 7.33. The normalized spacial score (nSPS) is 10.4. The number of halogens is 1. The van der Waals surface area contributed by atoms with Gasteiger partial charge in [0.1, 0.15) is 17.5 Å². The van der Waals surface area contributed by atoms with Crippen molar-refractivity contribution >= 4 is 29.1 Å². The van der Waals surface area contributed by atoms with E-state index in [4.69, 9.17) is 5.84 Å². The molecule has 0 fully saturated rings. The highest BCUT2D eigenvalue weighted by atomic mass is 32.2. The van der Waals surface area contributed by atoms with Gasteiger partial charge >= 0.3 is 0 Å². The van der Waals surface area contributed by atoms with Gasteiger partial charge in [0.25, 0.3) is 0 Å². The largest absolute Gasteiger partial charge is 0.326 e. The summed E-state index contributed by atoms with van der Waals surface area (Å²) in [6.45, 7) is 2.69. The Morgan fingerprint density at radius 2 is 2.00 bits per heavy atom. The average molecular weight is 293 g/mol. The highest BCUT2D eigenvalue weighted by Crippen LogP contribution is 2.26. The number of benzene rings is 1. The molecule has 3 N–H and O–H groups in total. The number of nitrogens with zero attached hydrogens (tertiary/aromatic N) is 3. The van der Waals surface area contributed by atoms with Crippen LogP contribution in [0.2, 0.25) is 0 Å². The molecule has 0 spiro atoms. The van der Waals surface area contributed by atoms with Crippen LogP contribution in [0.15, 0.2) is 35.5 Å². The lowest BCUT2D eigenvalue weighted by atomic mass is 10.2. The summed E-state index contributed by atoms with van der Waals surface area (Å²) < 4.78 is 13.0. The van der Waals surface area contributed by atoms with Gasteiger partial charge in [-0.25, -0.2) is 20.2 Å². The lowest BCUT2D eigenvalue weighted by Crippen LogP contribution is -2.19. The lowest BCUT2D eigenvalue weighted by Gasteiger charge is -2.22. The van der Waals surface area contributed by atoms with E-state index in [1.165, 1.54) is 23.9 Å². The molecule has 0 bridgehead atoms. The van der Waals surface area contributed by atoms with Crippen molar-refractivity contribution in [3.8, 4) is 0 Å². The second-order valence-electron chi connectivity index (χ2n) is 3.96. The van der Waals surface area contributed by atoms with Gasteiger partial charge < -0.3 is 10.3 Å². The molecule has 0 unspecified atom stereocenters. The predicted octanol–water partition coefficient (Wildman–Crippen LogP) is 2.78. The van der Waals surface area contributed by atoms with E-state index in [0.29, 0.717) is 23.3 Å². The molecule has 1 aromatic carbocycles. The predicted molar refractivity (Wildman–Crippen MR) is 80.7 cm³/mol. The van der Waals surface area contributed by atoms with Crippen LogP contribution in [-0.4, -0.2) is 22.8 Å². The van der Waals surface area contributed by atoms with Crippen LogP contribution in [0.25, 0.3) is 0 Å². The van der Waals surface area contributed by atoms with Gasteiger partial charge in [0.2, 0.25) is 0 Å². The number of hydrogen-bond donors (Lipinski definition) is 2. The van der Waals surface area contributed by atoms with E-state index in [1.54, 1.807) is 18.2 Å². The van der Waals surface area contributed by atoms with Crippen LogP contribution >= 0.6 is 11.8 Å². The Kier molecular flexibility index (Phi) is 4.75. The molecule has 20 heavy (non-hydrogen) atoms. The summed E-state index contributed by atoms with van der Waals surface area (Å²) in [6, 6.07) is 8.05. The van der Waals surface area contributed by atoms with E-state index in [9.17, 15) is 4.39 Å². The third-order valence-electron chi connectivity index (χ3n) is 2.75. The van der Waals surface area contributed by atoms with Crippen LogP contribution in [0.5, 0.6) is 0 Å². The molecule has 7 heteroatoms. The van der Waals surface area contributed by atoms with Crippen molar-refractivity contribution in [2.45, 2.75) is 12.1 Å². The van der Waals surface area contributed by atoms with Crippen LogP contribution in [0.1, 0.15) is 6.92 Å². The first-order chi connectivity index (χ1) is 9.67. The number of anilines is 3. The molecule has 106 valence electrons. The quantitative estimate of drug-likeness (QED) is 0.382. The minimum atomic E-state index is -0.262. The van der Waals surface area contributed by atoms with Crippen molar-refractivity contribution in [1.29, 1.82) is 0 Å². The van der Waals surface area contributed by atoms with Crippen LogP contribution in [0.3, 0.4) is 0 Å². The molecule has 1 aromatic heterocycles. The topological polar surface area (TPSA) is 67.1 Å². The maximum atomic E-state index is 13.0. The van der Waals surface area contributed by atoms with Crippen molar-refractivity contribution in [1.82, 2.24) is 9.97 Å². The number of nitrogen functional groups attached to an aromatic ring is 1. The minimum absolute atomic E-state index is 0.262. The number of hydrazine groups is 1. The fraction of sp³-hybridized carbons (Fsp3) is 0.231. The number of hydrogen-bond acceptors (Lipinski definition) is 6. The third kappa shape index (κ3) is 3.17. The molecule has 0 amide bonds. The SMILES string of the molecule is CCN(c1ccc(F)cc1)c1cc(NN)nc(SC)n1. The molecule has 0 aliphatic carbocycles. The summed E-state index contributed by atoms with van der Waals surface area (Å²) in [5.74, 6) is 6.42. The summed E-state index contributed by atoms with van der Waals surface area (Å²) in [6.07, 6.45) is 1.90. The smallest absolute Gasteiger partial charge is 0.191 e. The van der Waals surface area contributed by atoms with Gasteiger partial charge in [-0.2, -0.15) is 0 Å². The maximum absolute atomic E-state index is 13.0. The number of thioether (sulfide) groups is 1. The molecule has 2 rings (SSSR count). The Labute approximate surface area is 121 Å². The molecule has 0 saturated heterocycles. The summed E-state index contributed by atoms with van der Waals surface area (Å²) >= 11 is 1.43. The molecule has 0 radical (unpaired) electrons. The van der Waals surface area contributed by atoms with E-state index < -0.39 is 0 Å². The summed E-state index contributed by atoms with van der Waals surface area (Å²) in [7, 11) is 0. The van der Waals surface area contributed by atoms with Gasteiger partial charge in [0.15, 0.2) is 5.16 Å². The van der Waals surface area contributed by atoms with Crippen LogP contribution < -0.4 is 16.2 Å². The zero-order valence-corrected chi connectivity index (χ0v) is 12.1. The van der Waals surface area contributed by atoms with E-state index in [2.05, 4.69) is 15.4 Å². The van der Waals surface area contributed by atoms with Crippen molar-refractivity contribution < 1.29 is 4.39 Å². The lowest BCUT2D eigenvalue weighted by molar-refractivity contribution is 0.627. The van der Waals surface area contributed by atoms with Crippen molar-refractivity contribution in [3.63, 3.8) is 0 Å². The van der Waals surface area contributed by atoms with E-state index in [0.717, 1.165) is 5.69 Å². The zero-order chi connectivity index (χ0) is 14.5. The van der Waals surface area contributed by atoms with Crippen molar-refractivity contribution in [2.75, 3.05) is 23.1 Å². The summed E-state index contributed by atoms with van der Waals surface area (Å²) in [5.41, 5.74) is 3.39. The second kappa shape index (κ2) is 6.53. The van der Waals surface area contributed by atoms with Crippen molar-refractivity contribution in [2.24, 2.45) is 5.84 Å². The van der Waals surface area contributed by atoms with Gasteiger partial charge in [-0.1, -0.05) is 11.8 Å². The standard InChI is InChI=1S/C13H16FN5S/c1-3-19(10-6-4-9(14)5-7-10)12-8-11(18-15)16-13(17-12)20-2/h4-8H,3,15H2,1-2H3,(H,16,17,18). The Morgan fingerprint density at radius 1 is 1.30 bits per heavy atom. The average Bonchev–Trinajstić information content (AvgIpc) is 2.49. The molecule has 0 atom stereocenters. The number of nitrogens with two attached hydrogens (primary N) is 1. The fourth-order valence-electron chi connectivity index (χ4n) is 1.81. The molecule has 0 saturated carbocycles. The van der Waals surface area contributed by atoms with Crippen molar-refractivity contribution in [3.05, 3.63) is 36.1 Å². The summed E-state index contributed by atoms with van der Waals surface area (Å²) in [5, 5.41) is 0.621. The van der Waals surface area contributed by atoms with E-state index in [1.807, 2.05) is 18.1 Å². The molecule has 2 aromatic rings. The molecule has 5 nitrogen and oxygen atoms in total. The highest BCUT2D eigenvalue weighted by molar-refractivity contribution is 7.98. The molecular formula is C13H16FN5S. The van der Waals surface area contributed by atoms with Gasteiger partial charge in [-0.05, 0) is 37.4 Å². The molecule has 0 aliphatic rings. The molecular weight excluding hydrogens is 277 g/mol. The Bertz CT molecular complexity index is 553. The van der Waals surface area contributed by atoms with Gasteiger partial charge in [0.05, 0.1) is 0 Å². The fourth-order valence-corrected chi connectivity index (χ4v) is 2.19. The monoisotopic (exact) mass is 293 g/mol. The van der Waals surface area contributed by atoms with E-state index >= 15 is 0 Å². The number of nitrogens with one attached hydrogen (secondary N) is 1. The first-order valence-electron chi connectivity index (χ1n) is 6.10. The number of rotatable bonds is 5. The Hall–Kier alpha value is -1.86. The van der Waals surface area contributed by atoms with Gasteiger partial charge in [-0.3, -0.25) is 0 Å². The first kappa shape index (κ1) is 14.5.